The normalized spacial score (nSPS) is 10.3. The topological polar surface area (TPSA) is 90.9 Å². The van der Waals surface area contributed by atoms with Crippen LogP contribution in [0.2, 0.25) is 0 Å². The summed E-state index contributed by atoms with van der Waals surface area (Å²) in [7, 11) is 0. The van der Waals surface area contributed by atoms with Gasteiger partial charge in [0.15, 0.2) is 16.6 Å². The second-order valence-corrected chi connectivity index (χ2v) is 2.92. The van der Waals surface area contributed by atoms with Crippen LogP contribution in [0, 0.1) is 0 Å². The lowest BCUT2D eigenvalue weighted by atomic mass is 10.2. The molecule has 1 aromatic rings. The van der Waals surface area contributed by atoms with Crippen LogP contribution in [0.25, 0.3) is 0 Å². The molecule has 0 saturated heterocycles. The molecular formula is C8H9N3O2S. The first kappa shape index (κ1) is 10.3. The predicted molar refractivity (Wildman–Crippen MR) is 57.3 cm³/mol. The van der Waals surface area contributed by atoms with E-state index in [1.165, 1.54) is 18.3 Å². The van der Waals surface area contributed by atoms with Crippen LogP contribution in [0.4, 0.5) is 0 Å². The minimum atomic E-state index is -0.204. The molecule has 14 heavy (non-hydrogen) atoms. The molecule has 0 spiro atoms. The summed E-state index contributed by atoms with van der Waals surface area (Å²) < 4.78 is 0. The SMILES string of the molecule is NC(=S)NN=Cc1ccc(O)c(O)c1. The number of nitrogens with one attached hydrogen (secondary N) is 1. The zero-order valence-corrected chi connectivity index (χ0v) is 7.95. The van der Waals surface area contributed by atoms with Gasteiger partial charge in [-0.1, -0.05) is 0 Å². The number of hydrogen-bond donors (Lipinski definition) is 4. The van der Waals surface area contributed by atoms with E-state index in [2.05, 4.69) is 22.7 Å². The number of phenols is 2. The molecule has 0 aliphatic rings. The Morgan fingerprint density at radius 1 is 1.43 bits per heavy atom. The number of nitrogens with two attached hydrogens (primary N) is 1. The minimum Gasteiger partial charge on any atom is -0.504 e. The van der Waals surface area contributed by atoms with Gasteiger partial charge >= 0.3 is 0 Å². The molecule has 0 radical (unpaired) electrons. The molecule has 0 aromatic heterocycles. The molecule has 5 nitrogen and oxygen atoms in total. The van der Waals surface area contributed by atoms with Gasteiger partial charge in [-0.3, -0.25) is 5.43 Å². The zero-order chi connectivity index (χ0) is 10.6. The molecule has 0 atom stereocenters. The molecule has 1 rings (SSSR count). The second-order valence-electron chi connectivity index (χ2n) is 2.48. The highest BCUT2D eigenvalue weighted by molar-refractivity contribution is 7.80. The van der Waals surface area contributed by atoms with Gasteiger partial charge in [-0.15, -0.1) is 0 Å². The Kier molecular flexibility index (Phi) is 3.24. The average Bonchev–Trinajstić information content (AvgIpc) is 2.10. The summed E-state index contributed by atoms with van der Waals surface area (Å²) >= 11 is 4.52. The average molecular weight is 211 g/mol. The Morgan fingerprint density at radius 3 is 2.71 bits per heavy atom. The lowest BCUT2D eigenvalue weighted by Crippen LogP contribution is -2.23. The molecule has 0 aliphatic heterocycles. The summed E-state index contributed by atoms with van der Waals surface area (Å²) in [5.74, 6) is -0.381. The van der Waals surface area contributed by atoms with Crippen LogP contribution in [0.1, 0.15) is 5.56 Å². The summed E-state index contributed by atoms with van der Waals surface area (Å²) in [6.45, 7) is 0. The highest BCUT2D eigenvalue weighted by Crippen LogP contribution is 2.23. The van der Waals surface area contributed by atoms with E-state index in [0.29, 0.717) is 5.56 Å². The third-order valence-corrected chi connectivity index (χ3v) is 1.48. The van der Waals surface area contributed by atoms with Crippen molar-refractivity contribution < 1.29 is 10.2 Å². The Balaban J connectivity index is 2.73. The van der Waals surface area contributed by atoms with Gasteiger partial charge in [-0.2, -0.15) is 5.10 Å². The molecule has 0 saturated carbocycles. The van der Waals surface area contributed by atoms with Gasteiger partial charge in [-0.25, -0.2) is 0 Å². The Labute approximate surface area is 85.9 Å². The third-order valence-electron chi connectivity index (χ3n) is 1.39. The van der Waals surface area contributed by atoms with Crippen molar-refractivity contribution in [2.45, 2.75) is 0 Å². The predicted octanol–water partition coefficient (Wildman–Crippen LogP) is 0.265. The summed E-state index contributed by atoms with van der Waals surface area (Å²) in [6, 6.07) is 4.30. The highest BCUT2D eigenvalue weighted by atomic mass is 32.1. The van der Waals surface area contributed by atoms with Crippen LogP contribution < -0.4 is 11.2 Å². The molecule has 0 heterocycles. The minimum absolute atomic E-state index is 0.0595. The number of rotatable bonds is 2. The molecule has 0 amide bonds. The number of aromatic hydroxyl groups is 2. The van der Waals surface area contributed by atoms with Crippen LogP contribution in [-0.4, -0.2) is 21.5 Å². The van der Waals surface area contributed by atoms with E-state index in [9.17, 15) is 0 Å². The Hall–Kier alpha value is -1.82. The summed E-state index contributed by atoms with van der Waals surface area (Å²) in [5.41, 5.74) is 8.11. The fourth-order valence-electron chi connectivity index (χ4n) is 0.791. The van der Waals surface area contributed by atoms with E-state index in [1.807, 2.05) is 0 Å². The lowest BCUT2D eigenvalue weighted by molar-refractivity contribution is 0.403. The van der Waals surface area contributed by atoms with Gasteiger partial charge in [0.05, 0.1) is 6.21 Å². The molecule has 1 aromatic carbocycles. The van der Waals surface area contributed by atoms with Crippen LogP contribution in [0.15, 0.2) is 23.3 Å². The fourth-order valence-corrected chi connectivity index (χ4v) is 0.844. The fraction of sp³-hybridized carbons (Fsp3) is 0. The first-order valence-electron chi connectivity index (χ1n) is 3.70. The first-order valence-corrected chi connectivity index (χ1v) is 4.11. The maximum atomic E-state index is 9.13. The Morgan fingerprint density at radius 2 is 2.14 bits per heavy atom. The number of nitrogens with zero attached hydrogens (tertiary/aromatic N) is 1. The monoisotopic (exact) mass is 211 g/mol. The van der Waals surface area contributed by atoms with Crippen molar-refractivity contribution in [3.05, 3.63) is 23.8 Å². The van der Waals surface area contributed by atoms with Crippen molar-refractivity contribution in [1.29, 1.82) is 0 Å². The van der Waals surface area contributed by atoms with Crippen molar-refractivity contribution in [2.24, 2.45) is 10.8 Å². The third kappa shape index (κ3) is 2.91. The number of hydrogen-bond acceptors (Lipinski definition) is 4. The van der Waals surface area contributed by atoms with E-state index >= 15 is 0 Å². The van der Waals surface area contributed by atoms with Crippen molar-refractivity contribution >= 4 is 23.5 Å². The summed E-state index contributed by atoms with van der Waals surface area (Å²) in [4.78, 5) is 0. The molecule has 0 fully saturated rings. The van der Waals surface area contributed by atoms with Crippen LogP contribution in [0.3, 0.4) is 0 Å². The smallest absolute Gasteiger partial charge is 0.184 e. The van der Waals surface area contributed by atoms with E-state index in [0.717, 1.165) is 0 Å². The van der Waals surface area contributed by atoms with Crippen LogP contribution in [-0.2, 0) is 0 Å². The maximum Gasteiger partial charge on any atom is 0.184 e. The van der Waals surface area contributed by atoms with Crippen LogP contribution in [0.5, 0.6) is 11.5 Å². The second kappa shape index (κ2) is 4.43. The maximum absolute atomic E-state index is 9.13. The van der Waals surface area contributed by atoms with Crippen LogP contribution >= 0.6 is 12.2 Å². The molecule has 0 bridgehead atoms. The lowest BCUT2D eigenvalue weighted by Gasteiger charge is -1.98. The van der Waals surface area contributed by atoms with E-state index in [-0.39, 0.29) is 16.6 Å². The van der Waals surface area contributed by atoms with E-state index in [4.69, 9.17) is 15.9 Å². The first-order chi connectivity index (χ1) is 6.59. The van der Waals surface area contributed by atoms with Gasteiger partial charge in [-0.05, 0) is 36.0 Å². The van der Waals surface area contributed by atoms with Gasteiger partial charge < -0.3 is 15.9 Å². The molecule has 5 N–H and O–H groups in total. The number of thiocarbonyl (C=S) groups is 1. The van der Waals surface area contributed by atoms with Crippen molar-refractivity contribution in [2.75, 3.05) is 0 Å². The van der Waals surface area contributed by atoms with Gasteiger partial charge in [0.2, 0.25) is 0 Å². The quantitative estimate of drug-likeness (QED) is 0.244. The van der Waals surface area contributed by atoms with Crippen molar-refractivity contribution in [1.82, 2.24) is 5.43 Å². The van der Waals surface area contributed by atoms with Gasteiger partial charge in [0.1, 0.15) is 0 Å². The number of hydrazone groups is 1. The number of phenolic OH excluding ortho intramolecular Hbond substituents is 2. The van der Waals surface area contributed by atoms with Gasteiger partial charge in [0.25, 0.3) is 0 Å². The van der Waals surface area contributed by atoms with Crippen molar-refractivity contribution in [3.63, 3.8) is 0 Å². The molecule has 0 unspecified atom stereocenters. The van der Waals surface area contributed by atoms with Crippen molar-refractivity contribution in [3.8, 4) is 11.5 Å². The highest BCUT2D eigenvalue weighted by Gasteiger charge is 1.97. The standard InChI is InChI=1S/C8H9N3O2S/c9-8(14)11-10-4-5-1-2-6(12)7(13)3-5/h1-4,12-13H,(H3,9,11,14). The van der Waals surface area contributed by atoms with E-state index in [1.54, 1.807) is 6.07 Å². The Bertz CT molecular complexity index is 379. The summed E-state index contributed by atoms with van der Waals surface area (Å²) in [6.07, 6.45) is 1.42. The number of benzene rings is 1. The molecular weight excluding hydrogens is 202 g/mol. The molecule has 6 heteroatoms. The van der Waals surface area contributed by atoms with E-state index < -0.39 is 0 Å². The summed E-state index contributed by atoms with van der Waals surface area (Å²) in [5, 5.41) is 21.9. The largest absolute Gasteiger partial charge is 0.504 e. The zero-order valence-electron chi connectivity index (χ0n) is 7.14. The molecule has 74 valence electrons. The molecule has 0 aliphatic carbocycles. The van der Waals surface area contributed by atoms with Gasteiger partial charge in [0, 0.05) is 0 Å².